The molecule has 0 spiro atoms. The molecule has 0 saturated carbocycles. The third-order valence-electron chi connectivity index (χ3n) is 6.03. The number of nitrogens with zero attached hydrogens (tertiary/aromatic N) is 3. The first-order valence-corrected chi connectivity index (χ1v) is 10.5. The minimum Gasteiger partial charge on any atom is -0.356 e. The summed E-state index contributed by atoms with van der Waals surface area (Å²) in [7, 11) is 1.91. The maximum absolute atomic E-state index is 4.52. The number of hydrogen-bond acceptors (Lipinski definition) is 2. The molecule has 3 rings (SSSR count). The highest BCUT2D eigenvalue weighted by Gasteiger charge is 2.25. The number of nitrogens with one attached hydrogen (secondary N) is 1. The summed E-state index contributed by atoms with van der Waals surface area (Å²) in [6.07, 6.45) is 6.48. The first kappa shape index (κ1) is 19.2. The van der Waals surface area contributed by atoms with E-state index in [1.165, 1.54) is 57.3 Å². The molecule has 4 nitrogen and oxygen atoms in total. The van der Waals surface area contributed by atoms with Crippen molar-refractivity contribution in [1.82, 2.24) is 15.1 Å². The Morgan fingerprint density at radius 1 is 1.08 bits per heavy atom. The molecule has 2 saturated heterocycles. The first-order valence-electron chi connectivity index (χ1n) is 10.5. The Kier molecular flexibility index (Phi) is 7.36. The van der Waals surface area contributed by atoms with Crippen molar-refractivity contribution in [3.63, 3.8) is 0 Å². The smallest absolute Gasteiger partial charge is 0.193 e. The van der Waals surface area contributed by atoms with E-state index in [0.29, 0.717) is 5.92 Å². The molecule has 0 radical (unpaired) electrons. The number of hydrogen-bond donors (Lipinski definition) is 1. The maximum Gasteiger partial charge on any atom is 0.193 e. The van der Waals surface area contributed by atoms with Crippen molar-refractivity contribution >= 4 is 5.96 Å². The van der Waals surface area contributed by atoms with Gasteiger partial charge in [-0.05, 0) is 63.2 Å². The average Bonchev–Trinajstić information content (AvgIpc) is 3.17. The minimum absolute atomic E-state index is 0.635. The Morgan fingerprint density at radius 3 is 2.58 bits per heavy atom. The van der Waals surface area contributed by atoms with E-state index in [2.05, 4.69) is 57.4 Å². The highest BCUT2D eigenvalue weighted by atomic mass is 15.3. The van der Waals surface area contributed by atoms with E-state index in [0.717, 1.165) is 31.5 Å². The first-order chi connectivity index (χ1) is 12.8. The van der Waals surface area contributed by atoms with E-state index >= 15 is 0 Å². The fourth-order valence-electron chi connectivity index (χ4n) is 4.23. The summed E-state index contributed by atoms with van der Waals surface area (Å²) in [5, 5.41) is 3.59. The molecule has 26 heavy (non-hydrogen) atoms. The molecule has 2 aliphatic heterocycles. The van der Waals surface area contributed by atoms with Crippen LogP contribution in [0.1, 0.15) is 50.5 Å². The van der Waals surface area contributed by atoms with E-state index < -0.39 is 0 Å². The van der Waals surface area contributed by atoms with Gasteiger partial charge < -0.3 is 15.1 Å². The van der Waals surface area contributed by atoms with Gasteiger partial charge in [-0.15, -0.1) is 0 Å². The van der Waals surface area contributed by atoms with Crippen LogP contribution in [0.2, 0.25) is 0 Å². The van der Waals surface area contributed by atoms with Gasteiger partial charge in [0, 0.05) is 32.6 Å². The molecular formula is C22H36N4. The monoisotopic (exact) mass is 356 g/mol. The molecule has 1 atom stereocenters. The fourth-order valence-corrected chi connectivity index (χ4v) is 4.23. The summed E-state index contributed by atoms with van der Waals surface area (Å²) in [5.41, 5.74) is 1.46. The van der Waals surface area contributed by atoms with Crippen LogP contribution >= 0.6 is 0 Å². The van der Waals surface area contributed by atoms with Crippen molar-refractivity contribution in [2.24, 2.45) is 10.9 Å². The van der Waals surface area contributed by atoms with Crippen molar-refractivity contribution in [3.8, 4) is 0 Å². The van der Waals surface area contributed by atoms with Crippen molar-refractivity contribution in [2.75, 3.05) is 46.3 Å². The molecule has 144 valence electrons. The standard InChI is InChI=1S/C22H36N4/c1-19-10-15-25(16-11-19)14-7-6-13-24-22(23-2)26-17-12-21(18-26)20-8-4-3-5-9-20/h3-5,8-9,19,21H,6-7,10-18H2,1-2H3,(H,23,24). The highest BCUT2D eigenvalue weighted by Crippen LogP contribution is 2.26. The molecule has 0 aliphatic carbocycles. The van der Waals surface area contributed by atoms with Crippen LogP contribution < -0.4 is 5.32 Å². The Bertz CT molecular complexity index is 549. The van der Waals surface area contributed by atoms with Crippen LogP contribution in [0.15, 0.2) is 35.3 Å². The van der Waals surface area contributed by atoms with Crippen molar-refractivity contribution < 1.29 is 0 Å². The fraction of sp³-hybridized carbons (Fsp3) is 0.682. The molecule has 2 heterocycles. The van der Waals surface area contributed by atoms with Crippen LogP contribution in [0.5, 0.6) is 0 Å². The number of likely N-dealkylation sites (tertiary alicyclic amines) is 2. The second kappa shape index (κ2) is 9.96. The van der Waals surface area contributed by atoms with Crippen molar-refractivity contribution in [1.29, 1.82) is 0 Å². The van der Waals surface area contributed by atoms with Crippen molar-refractivity contribution in [2.45, 2.75) is 44.9 Å². The van der Waals surface area contributed by atoms with E-state index in [9.17, 15) is 0 Å². The Hall–Kier alpha value is -1.55. The minimum atomic E-state index is 0.635. The van der Waals surface area contributed by atoms with E-state index in [4.69, 9.17) is 0 Å². The summed E-state index contributed by atoms with van der Waals surface area (Å²) < 4.78 is 0. The van der Waals surface area contributed by atoms with Gasteiger partial charge in [0.1, 0.15) is 0 Å². The van der Waals surface area contributed by atoms with Crippen LogP contribution in [0.4, 0.5) is 0 Å². The lowest BCUT2D eigenvalue weighted by molar-refractivity contribution is 0.189. The molecule has 1 aromatic rings. The predicted octanol–water partition coefficient (Wildman–Crippen LogP) is 3.56. The molecule has 1 N–H and O–H groups in total. The van der Waals surface area contributed by atoms with Gasteiger partial charge >= 0.3 is 0 Å². The maximum atomic E-state index is 4.52. The molecule has 0 aromatic heterocycles. The molecule has 1 aromatic carbocycles. The Labute approximate surface area is 159 Å². The molecule has 0 bridgehead atoms. The predicted molar refractivity (Wildman–Crippen MR) is 111 cm³/mol. The quantitative estimate of drug-likeness (QED) is 0.480. The highest BCUT2D eigenvalue weighted by molar-refractivity contribution is 5.80. The molecule has 4 heteroatoms. The van der Waals surface area contributed by atoms with Crippen LogP contribution in [0, 0.1) is 5.92 Å². The molecule has 2 aliphatic rings. The summed E-state index contributed by atoms with van der Waals surface area (Å²) in [6, 6.07) is 10.9. The summed E-state index contributed by atoms with van der Waals surface area (Å²) in [6.45, 7) is 9.44. The SMILES string of the molecule is CN=C(NCCCCN1CCC(C)CC1)N1CCC(c2ccccc2)C1. The number of benzene rings is 1. The van der Waals surface area contributed by atoms with Crippen LogP contribution in [-0.2, 0) is 0 Å². The number of aliphatic imine (C=N–C) groups is 1. The van der Waals surface area contributed by atoms with Gasteiger partial charge in [-0.3, -0.25) is 4.99 Å². The zero-order valence-electron chi connectivity index (χ0n) is 16.7. The van der Waals surface area contributed by atoms with Crippen LogP contribution in [0.25, 0.3) is 0 Å². The molecule has 1 unspecified atom stereocenters. The number of piperidine rings is 1. The summed E-state index contributed by atoms with van der Waals surface area (Å²) in [5.74, 6) is 2.64. The molecule has 2 fully saturated rings. The number of rotatable bonds is 6. The van der Waals surface area contributed by atoms with E-state index in [-0.39, 0.29) is 0 Å². The lowest BCUT2D eigenvalue weighted by atomic mass is 9.99. The summed E-state index contributed by atoms with van der Waals surface area (Å²) >= 11 is 0. The van der Waals surface area contributed by atoms with E-state index in [1.807, 2.05) is 7.05 Å². The van der Waals surface area contributed by atoms with Crippen LogP contribution in [-0.4, -0.2) is 62.1 Å². The van der Waals surface area contributed by atoms with Gasteiger partial charge in [-0.2, -0.15) is 0 Å². The Balaban J connectivity index is 1.34. The third kappa shape index (κ3) is 5.47. The molecular weight excluding hydrogens is 320 g/mol. The largest absolute Gasteiger partial charge is 0.356 e. The lowest BCUT2D eigenvalue weighted by Crippen LogP contribution is -2.40. The topological polar surface area (TPSA) is 30.9 Å². The molecule has 0 amide bonds. The van der Waals surface area contributed by atoms with Gasteiger partial charge in [-0.25, -0.2) is 0 Å². The van der Waals surface area contributed by atoms with E-state index in [1.54, 1.807) is 0 Å². The number of unbranched alkanes of at least 4 members (excludes halogenated alkanes) is 1. The van der Waals surface area contributed by atoms with Gasteiger partial charge in [0.25, 0.3) is 0 Å². The lowest BCUT2D eigenvalue weighted by Gasteiger charge is -2.30. The Morgan fingerprint density at radius 2 is 1.85 bits per heavy atom. The van der Waals surface area contributed by atoms with Gasteiger partial charge in [0.05, 0.1) is 0 Å². The third-order valence-corrected chi connectivity index (χ3v) is 6.03. The normalized spacial score (nSPS) is 22.8. The number of guanidine groups is 1. The second-order valence-corrected chi connectivity index (χ2v) is 8.05. The van der Waals surface area contributed by atoms with Crippen molar-refractivity contribution in [3.05, 3.63) is 35.9 Å². The summed E-state index contributed by atoms with van der Waals surface area (Å²) in [4.78, 5) is 9.57. The van der Waals surface area contributed by atoms with Gasteiger partial charge in [0.15, 0.2) is 5.96 Å². The van der Waals surface area contributed by atoms with Crippen LogP contribution in [0.3, 0.4) is 0 Å². The average molecular weight is 357 g/mol. The zero-order chi connectivity index (χ0) is 18.2. The van der Waals surface area contributed by atoms with Gasteiger partial charge in [0.2, 0.25) is 0 Å². The zero-order valence-corrected chi connectivity index (χ0v) is 16.7. The second-order valence-electron chi connectivity index (χ2n) is 8.05. The van der Waals surface area contributed by atoms with Gasteiger partial charge in [-0.1, -0.05) is 37.3 Å².